The van der Waals surface area contributed by atoms with Crippen molar-refractivity contribution in [2.45, 2.75) is 6.92 Å². The second kappa shape index (κ2) is 7.87. The quantitative estimate of drug-likeness (QED) is 0.499. The molecule has 1 heterocycles. The highest BCUT2D eigenvalue weighted by Gasteiger charge is 2.12. The minimum Gasteiger partial charge on any atom is -0.197 e. The van der Waals surface area contributed by atoms with E-state index in [0.717, 1.165) is 11.0 Å². The van der Waals surface area contributed by atoms with Gasteiger partial charge in [-0.25, -0.2) is 0 Å². The molecular formula is C19H17IN3+. The Morgan fingerprint density at radius 2 is 1.26 bits per heavy atom. The molecule has 4 rings (SSSR count). The van der Waals surface area contributed by atoms with E-state index in [1.165, 1.54) is 12.7 Å². The van der Waals surface area contributed by atoms with Crippen molar-refractivity contribution in [3.05, 3.63) is 91.6 Å². The van der Waals surface area contributed by atoms with Crippen molar-refractivity contribution in [3.63, 3.8) is 0 Å². The smallest absolute Gasteiger partial charge is 0.197 e. The summed E-state index contributed by atoms with van der Waals surface area (Å²) < 4.78 is 2.96. The number of aromatic amines is 1. The molecule has 23 heavy (non-hydrogen) atoms. The molecule has 0 spiro atoms. The van der Waals surface area contributed by atoms with Gasteiger partial charge in [-0.05, 0) is 48.9 Å². The molecule has 4 aromatic rings. The van der Waals surface area contributed by atoms with Crippen LogP contribution in [0.5, 0.6) is 0 Å². The summed E-state index contributed by atoms with van der Waals surface area (Å²) >= 11 is 0.0287. The molecular weight excluding hydrogens is 397 g/mol. The van der Waals surface area contributed by atoms with E-state index in [9.17, 15) is 0 Å². The number of aryl methyl sites for hydroxylation is 1. The lowest BCUT2D eigenvalue weighted by Gasteiger charge is -1.87. The fourth-order valence-corrected chi connectivity index (χ4v) is 4.30. The van der Waals surface area contributed by atoms with Crippen molar-refractivity contribution in [3.8, 4) is 0 Å². The molecule has 0 saturated heterocycles. The van der Waals surface area contributed by atoms with E-state index in [1.807, 2.05) is 25.1 Å². The predicted octanol–water partition coefficient (Wildman–Crippen LogP) is 1.08. The molecule has 3 nitrogen and oxygen atoms in total. The summed E-state index contributed by atoms with van der Waals surface area (Å²) in [6, 6.07) is 27.4. The Morgan fingerprint density at radius 3 is 1.87 bits per heavy atom. The topological polar surface area (TPSA) is 41.6 Å². The standard InChI is InChI=1S/C12H10I.C7H7N3/c1-3-7-11(8-4-1)13-12-9-5-2-6-10-12;1-5-2-3-6-7(4-5)9-10-8-6/h1-10H;2-4H,1H3,(H,8,9,10)/q+1;. The molecule has 1 N–H and O–H groups in total. The van der Waals surface area contributed by atoms with E-state index in [4.69, 9.17) is 0 Å². The van der Waals surface area contributed by atoms with Crippen molar-refractivity contribution in [2.75, 3.05) is 0 Å². The van der Waals surface area contributed by atoms with Crippen LogP contribution < -0.4 is 21.2 Å². The zero-order valence-corrected chi connectivity index (χ0v) is 14.9. The molecule has 4 heteroatoms. The summed E-state index contributed by atoms with van der Waals surface area (Å²) in [7, 11) is 0. The Labute approximate surface area is 146 Å². The van der Waals surface area contributed by atoms with Crippen LogP contribution in [0, 0.1) is 14.1 Å². The summed E-state index contributed by atoms with van der Waals surface area (Å²) in [6.07, 6.45) is 0. The average molecular weight is 414 g/mol. The van der Waals surface area contributed by atoms with Crippen LogP contribution in [0.25, 0.3) is 11.0 Å². The van der Waals surface area contributed by atoms with Gasteiger partial charge in [0.25, 0.3) is 0 Å². The highest BCUT2D eigenvalue weighted by atomic mass is 127. The lowest BCUT2D eigenvalue weighted by molar-refractivity contribution is -0.597. The number of hydrogen-bond donors (Lipinski definition) is 1. The van der Waals surface area contributed by atoms with Crippen LogP contribution in [-0.4, -0.2) is 15.4 Å². The van der Waals surface area contributed by atoms with E-state index in [0.29, 0.717) is 0 Å². The number of H-pyrrole nitrogens is 1. The van der Waals surface area contributed by atoms with Gasteiger partial charge >= 0.3 is 21.2 Å². The Bertz CT molecular complexity index is 820. The molecule has 0 amide bonds. The molecule has 0 atom stereocenters. The molecule has 0 radical (unpaired) electrons. The van der Waals surface area contributed by atoms with Gasteiger partial charge in [-0.2, -0.15) is 15.4 Å². The van der Waals surface area contributed by atoms with Crippen molar-refractivity contribution in [2.24, 2.45) is 0 Å². The highest BCUT2D eigenvalue weighted by Crippen LogP contribution is 2.08. The summed E-state index contributed by atoms with van der Waals surface area (Å²) in [4.78, 5) is 0. The van der Waals surface area contributed by atoms with Crippen LogP contribution in [-0.2, 0) is 0 Å². The molecule has 1 aromatic heterocycles. The summed E-state index contributed by atoms with van der Waals surface area (Å²) in [5.41, 5.74) is 3.06. The van der Waals surface area contributed by atoms with Gasteiger partial charge in [0, 0.05) is 0 Å². The number of halogens is 1. The Balaban J connectivity index is 0.000000140. The monoisotopic (exact) mass is 414 g/mol. The first-order valence-corrected chi connectivity index (χ1v) is 9.49. The number of nitrogens with zero attached hydrogens (tertiary/aromatic N) is 2. The Hall–Kier alpha value is -2.21. The van der Waals surface area contributed by atoms with Crippen LogP contribution in [0.3, 0.4) is 0 Å². The number of rotatable bonds is 2. The molecule has 114 valence electrons. The first-order chi connectivity index (χ1) is 11.3. The van der Waals surface area contributed by atoms with Crippen molar-refractivity contribution in [1.82, 2.24) is 15.4 Å². The van der Waals surface area contributed by atoms with E-state index in [2.05, 4.69) is 76.1 Å². The molecule has 0 fully saturated rings. The summed E-state index contributed by atoms with van der Waals surface area (Å²) in [5.74, 6) is 0. The van der Waals surface area contributed by atoms with Crippen molar-refractivity contribution >= 4 is 11.0 Å². The average Bonchev–Trinajstić information content (AvgIpc) is 3.05. The number of fused-ring (bicyclic) bond motifs is 1. The lowest BCUT2D eigenvalue weighted by atomic mass is 10.2. The molecule has 0 aliphatic heterocycles. The van der Waals surface area contributed by atoms with Gasteiger partial charge < -0.3 is 0 Å². The normalized spacial score (nSPS) is 10.1. The second-order valence-corrected chi connectivity index (χ2v) is 8.03. The van der Waals surface area contributed by atoms with Gasteiger partial charge in [0.1, 0.15) is 11.0 Å². The zero-order valence-electron chi connectivity index (χ0n) is 12.8. The molecule has 0 aliphatic rings. The van der Waals surface area contributed by atoms with E-state index < -0.39 is 0 Å². The zero-order chi connectivity index (χ0) is 15.9. The molecule has 0 saturated carbocycles. The third kappa shape index (κ3) is 4.63. The Morgan fingerprint density at radius 1 is 0.696 bits per heavy atom. The number of hydrogen-bond acceptors (Lipinski definition) is 2. The fourth-order valence-electron chi connectivity index (χ4n) is 2.03. The summed E-state index contributed by atoms with van der Waals surface area (Å²) in [6.45, 7) is 2.04. The van der Waals surface area contributed by atoms with Crippen molar-refractivity contribution in [1.29, 1.82) is 0 Å². The molecule has 0 unspecified atom stereocenters. The lowest BCUT2D eigenvalue weighted by Crippen LogP contribution is -3.61. The minimum atomic E-state index is 0.0287. The van der Waals surface area contributed by atoms with E-state index in [1.54, 1.807) is 0 Å². The maximum absolute atomic E-state index is 3.94. The summed E-state index contributed by atoms with van der Waals surface area (Å²) in [5, 5.41) is 10.4. The van der Waals surface area contributed by atoms with Crippen LogP contribution in [0.15, 0.2) is 78.9 Å². The van der Waals surface area contributed by atoms with E-state index >= 15 is 0 Å². The third-order valence-electron chi connectivity index (χ3n) is 3.16. The number of benzene rings is 3. The van der Waals surface area contributed by atoms with Gasteiger partial charge in [0.2, 0.25) is 0 Å². The maximum atomic E-state index is 3.94. The maximum Gasteiger partial charge on any atom is 0.357 e. The number of nitrogens with one attached hydrogen (secondary N) is 1. The van der Waals surface area contributed by atoms with Crippen LogP contribution in [0.1, 0.15) is 5.56 Å². The largest absolute Gasteiger partial charge is 0.357 e. The van der Waals surface area contributed by atoms with Gasteiger partial charge in [-0.15, -0.1) is 0 Å². The van der Waals surface area contributed by atoms with Crippen LogP contribution in [0.4, 0.5) is 0 Å². The molecule has 0 aliphatic carbocycles. The second-order valence-electron chi connectivity index (χ2n) is 5.00. The molecule has 3 aromatic carbocycles. The van der Waals surface area contributed by atoms with Gasteiger partial charge in [0.15, 0.2) is 7.14 Å². The van der Waals surface area contributed by atoms with Crippen molar-refractivity contribution < 1.29 is 21.2 Å². The van der Waals surface area contributed by atoms with Gasteiger partial charge in [-0.1, -0.05) is 42.5 Å². The van der Waals surface area contributed by atoms with Gasteiger partial charge in [0.05, 0.1) is 0 Å². The van der Waals surface area contributed by atoms with Gasteiger partial charge in [-0.3, -0.25) is 0 Å². The third-order valence-corrected chi connectivity index (χ3v) is 5.84. The predicted molar refractivity (Wildman–Crippen MR) is 88.9 cm³/mol. The highest BCUT2D eigenvalue weighted by molar-refractivity contribution is 5.73. The minimum absolute atomic E-state index is 0.0287. The first kappa shape index (κ1) is 15.7. The SMILES string of the molecule is Cc1ccc2n[nH]nc2c1.c1ccc([I+]c2ccccc2)cc1. The number of aromatic nitrogens is 3. The molecule has 0 bridgehead atoms. The van der Waals surface area contributed by atoms with E-state index in [-0.39, 0.29) is 21.2 Å². The van der Waals surface area contributed by atoms with Crippen LogP contribution in [0.2, 0.25) is 0 Å². The Kier molecular flexibility index (Phi) is 5.37. The van der Waals surface area contributed by atoms with Crippen LogP contribution >= 0.6 is 0 Å². The first-order valence-electron chi connectivity index (χ1n) is 7.33. The fraction of sp³-hybridized carbons (Fsp3) is 0.0526.